The third-order valence-corrected chi connectivity index (χ3v) is 2.70. The van der Waals surface area contributed by atoms with E-state index < -0.39 is 4.92 Å². The van der Waals surface area contributed by atoms with E-state index in [0.29, 0.717) is 11.0 Å². The molecule has 0 aliphatic rings. The first-order chi connectivity index (χ1) is 8.54. The maximum atomic E-state index is 11.8. The van der Waals surface area contributed by atoms with Gasteiger partial charge in [0.2, 0.25) is 0 Å². The Morgan fingerprint density at radius 2 is 2.11 bits per heavy atom. The summed E-state index contributed by atoms with van der Waals surface area (Å²) >= 11 is 3.15. The number of nitro groups is 1. The summed E-state index contributed by atoms with van der Waals surface area (Å²) in [4.78, 5) is 21.9. The molecule has 6 nitrogen and oxygen atoms in total. The van der Waals surface area contributed by atoms with E-state index in [9.17, 15) is 14.9 Å². The van der Waals surface area contributed by atoms with Gasteiger partial charge < -0.3 is 10.6 Å². The van der Waals surface area contributed by atoms with E-state index in [4.69, 9.17) is 0 Å². The highest BCUT2D eigenvalue weighted by Crippen LogP contribution is 2.21. The number of non-ortho nitro benzene ring substituents is 1. The first-order valence-corrected chi connectivity index (χ1v) is 6.21. The average Bonchev–Trinajstić information content (AvgIpc) is 2.33. The molecule has 7 heteroatoms. The van der Waals surface area contributed by atoms with E-state index >= 15 is 0 Å². The minimum Gasteiger partial charge on any atom is -0.352 e. The van der Waals surface area contributed by atoms with E-state index in [2.05, 4.69) is 26.6 Å². The fraction of sp³-hybridized carbons (Fsp3) is 0.364. The fourth-order valence-electron chi connectivity index (χ4n) is 1.38. The Labute approximate surface area is 113 Å². The average molecular weight is 316 g/mol. The SMILES string of the molecule is CNCCCNC(=O)c1cc(Br)cc([N+](=O)[O-])c1. The van der Waals surface area contributed by atoms with Crippen LogP contribution in [-0.2, 0) is 0 Å². The number of halogens is 1. The highest BCUT2D eigenvalue weighted by atomic mass is 79.9. The van der Waals surface area contributed by atoms with E-state index in [1.165, 1.54) is 12.1 Å². The summed E-state index contributed by atoms with van der Waals surface area (Å²) in [6.07, 6.45) is 0.804. The molecule has 98 valence electrons. The second-order valence-electron chi connectivity index (χ2n) is 3.67. The Morgan fingerprint density at radius 3 is 2.72 bits per heavy atom. The zero-order chi connectivity index (χ0) is 13.5. The van der Waals surface area contributed by atoms with Crippen molar-refractivity contribution in [3.63, 3.8) is 0 Å². The summed E-state index contributed by atoms with van der Waals surface area (Å²) in [5.74, 6) is -0.310. The molecule has 0 radical (unpaired) electrons. The molecule has 18 heavy (non-hydrogen) atoms. The van der Waals surface area contributed by atoms with E-state index in [0.717, 1.165) is 13.0 Å². The lowest BCUT2D eigenvalue weighted by molar-refractivity contribution is -0.385. The predicted octanol–water partition coefficient (Wildman–Crippen LogP) is 1.70. The van der Waals surface area contributed by atoms with Crippen LogP contribution in [0.25, 0.3) is 0 Å². The number of nitrogens with zero attached hydrogens (tertiary/aromatic N) is 1. The Hall–Kier alpha value is -1.47. The fourth-order valence-corrected chi connectivity index (χ4v) is 1.86. The maximum Gasteiger partial charge on any atom is 0.271 e. The smallest absolute Gasteiger partial charge is 0.271 e. The quantitative estimate of drug-likeness (QED) is 0.475. The van der Waals surface area contributed by atoms with Crippen molar-refractivity contribution in [1.82, 2.24) is 10.6 Å². The lowest BCUT2D eigenvalue weighted by Gasteiger charge is -2.05. The van der Waals surface area contributed by atoms with Crippen molar-refractivity contribution >= 4 is 27.5 Å². The summed E-state index contributed by atoms with van der Waals surface area (Å²) in [5.41, 5.74) is 0.172. The third kappa shape index (κ3) is 4.42. The summed E-state index contributed by atoms with van der Waals surface area (Å²) < 4.78 is 0.511. The third-order valence-electron chi connectivity index (χ3n) is 2.24. The van der Waals surface area contributed by atoms with Crippen molar-refractivity contribution in [2.45, 2.75) is 6.42 Å². The molecule has 0 bridgehead atoms. The van der Waals surface area contributed by atoms with Crippen LogP contribution in [0.1, 0.15) is 16.8 Å². The van der Waals surface area contributed by atoms with Gasteiger partial charge in [-0.3, -0.25) is 14.9 Å². The first kappa shape index (κ1) is 14.6. The van der Waals surface area contributed by atoms with Crippen molar-refractivity contribution < 1.29 is 9.72 Å². The highest BCUT2D eigenvalue weighted by Gasteiger charge is 2.13. The monoisotopic (exact) mass is 315 g/mol. The van der Waals surface area contributed by atoms with Crippen LogP contribution in [-0.4, -0.2) is 31.0 Å². The standard InChI is InChI=1S/C11H14BrN3O3/c1-13-3-2-4-14-11(16)8-5-9(12)7-10(6-8)15(17)18/h5-7,13H,2-4H2,1H3,(H,14,16). The van der Waals surface area contributed by atoms with Crippen LogP contribution in [0.2, 0.25) is 0 Å². The van der Waals surface area contributed by atoms with Gasteiger partial charge in [0, 0.05) is 28.7 Å². The van der Waals surface area contributed by atoms with Gasteiger partial charge in [-0.15, -0.1) is 0 Å². The lowest BCUT2D eigenvalue weighted by Crippen LogP contribution is -2.26. The number of benzene rings is 1. The topological polar surface area (TPSA) is 84.3 Å². The van der Waals surface area contributed by atoms with Gasteiger partial charge in [0.15, 0.2) is 0 Å². The number of nitro benzene ring substituents is 1. The molecule has 1 amide bonds. The summed E-state index contributed by atoms with van der Waals surface area (Å²) in [5, 5.41) is 16.3. The molecular weight excluding hydrogens is 302 g/mol. The molecule has 0 spiro atoms. The van der Waals surface area contributed by atoms with E-state index in [1.54, 1.807) is 6.07 Å². The minimum absolute atomic E-state index is 0.107. The van der Waals surface area contributed by atoms with Gasteiger partial charge in [0.25, 0.3) is 11.6 Å². The number of hydrogen-bond acceptors (Lipinski definition) is 4. The second-order valence-corrected chi connectivity index (χ2v) is 4.58. The molecule has 2 N–H and O–H groups in total. The zero-order valence-corrected chi connectivity index (χ0v) is 11.5. The molecule has 0 aliphatic heterocycles. The molecule has 0 aromatic heterocycles. The van der Waals surface area contributed by atoms with Crippen molar-refractivity contribution in [2.75, 3.05) is 20.1 Å². The van der Waals surface area contributed by atoms with Crippen LogP contribution >= 0.6 is 15.9 Å². The first-order valence-electron chi connectivity index (χ1n) is 5.42. The molecular formula is C11H14BrN3O3. The van der Waals surface area contributed by atoms with Gasteiger partial charge in [0.05, 0.1) is 4.92 Å². The van der Waals surface area contributed by atoms with Gasteiger partial charge in [-0.2, -0.15) is 0 Å². The highest BCUT2D eigenvalue weighted by molar-refractivity contribution is 9.10. The van der Waals surface area contributed by atoms with Crippen LogP contribution in [0.15, 0.2) is 22.7 Å². The van der Waals surface area contributed by atoms with Crippen LogP contribution < -0.4 is 10.6 Å². The van der Waals surface area contributed by atoms with Crippen molar-refractivity contribution in [2.24, 2.45) is 0 Å². The number of hydrogen-bond donors (Lipinski definition) is 2. The van der Waals surface area contributed by atoms with E-state index in [-0.39, 0.29) is 17.2 Å². The number of nitrogens with one attached hydrogen (secondary N) is 2. The number of rotatable bonds is 6. The molecule has 0 unspecified atom stereocenters. The van der Waals surface area contributed by atoms with E-state index in [1.807, 2.05) is 7.05 Å². The molecule has 0 atom stereocenters. The largest absolute Gasteiger partial charge is 0.352 e. The van der Waals surface area contributed by atoms with Gasteiger partial charge in [-0.05, 0) is 26.1 Å². The zero-order valence-electron chi connectivity index (χ0n) is 9.90. The van der Waals surface area contributed by atoms with Gasteiger partial charge in [0.1, 0.15) is 0 Å². The normalized spacial score (nSPS) is 10.1. The van der Waals surface area contributed by atoms with Crippen LogP contribution in [0, 0.1) is 10.1 Å². The van der Waals surface area contributed by atoms with Gasteiger partial charge in [-0.1, -0.05) is 15.9 Å². The van der Waals surface area contributed by atoms with Crippen LogP contribution in [0.3, 0.4) is 0 Å². The van der Waals surface area contributed by atoms with Gasteiger partial charge in [-0.25, -0.2) is 0 Å². The number of amides is 1. The maximum absolute atomic E-state index is 11.8. The Morgan fingerprint density at radius 1 is 1.39 bits per heavy atom. The Balaban J connectivity index is 2.70. The number of carbonyl (C=O) groups is 1. The van der Waals surface area contributed by atoms with Crippen LogP contribution in [0.4, 0.5) is 5.69 Å². The minimum atomic E-state index is -0.525. The Kier molecular flexibility index (Phi) is 5.73. The molecule has 1 aromatic carbocycles. The molecule has 0 heterocycles. The van der Waals surface area contributed by atoms with Crippen molar-refractivity contribution in [1.29, 1.82) is 0 Å². The number of carbonyl (C=O) groups excluding carboxylic acids is 1. The molecule has 1 aromatic rings. The van der Waals surface area contributed by atoms with Crippen molar-refractivity contribution in [3.8, 4) is 0 Å². The molecule has 0 fully saturated rings. The molecule has 0 saturated carbocycles. The molecule has 0 saturated heterocycles. The molecule has 0 aliphatic carbocycles. The van der Waals surface area contributed by atoms with Crippen LogP contribution in [0.5, 0.6) is 0 Å². The predicted molar refractivity (Wildman–Crippen MR) is 71.7 cm³/mol. The molecule has 1 rings (SSSR count). The Bertz CT molecular complexity index is 451. The second kappa shape index (κ2) is 7.07. The summed E-state index contributed by atoms with van der Waals surface area (Å²) in [6, 6.07) is 4.18. The summed E-state index contributed by atoms with van der Waals surface area (Å²) in [7, 11) is 1.83. The van der Waals surface area contributed by atoms with Gasteiger partial charge >= 0.3 is 0 Å². The van der Waals surface area contributed by atoms with Crippen molar-refractivity contribution in [3.05, 3.63) is 38.3 Å². The lowest BCUT2D eigenvalue weighted by atomic mass is 10.2. The summed E-state index contributed by atoms with van der Waals surface area (Å²) in [6.45, 7) is 1.33.